The molecule has 0 saturated carbocycles. The summed E-state index contributed by atoms with van der Waals surface area (Å²) in [6.45, 7) is 6.50. The van der Waals surface area contributed by atoms with Gasteiger partial charge in [0.15, 0.2) is 0 Å². The first-order valence-corrected chi connectivity index (χ1v) is 7.09. The van der Waals surface area contributed by atoms with Gasteiger partial charge in [0.1, 0.15) is 0 Å². The quantitative estimate of drug-likeness (QED) is 0.877. The van der Waals surface area contributed by atoms with Gasteiger partial charge >= 0.3 is 0 Å². The van der Waals surface area contributed by atoms with Crippen LogP contribution in [0, 0.1) is 13.8 Å². The zero-order chi connectivity index (χ0) is 11.7. The summed E-state index contributed by atoms with van der Waals surface area (Å²) in [5, 5.41) is 8.19. The lowest BCUT2D eigenvalue weighted by atomic mass is 10.1. The van der Waals surface area contributed by atoms with Crippen LogP contribution in [-0.4, -0.2) is 27.3 Å². The molecule has 16 heavy (non-hydrogen) atoms. The Labute approximate surface area is 102 Å². The Morgan fingerprint density at radius 3 is 2.75 bits per heavy atom. The molecule has 1 saturated heterocycles. The molecule has 90 valence electrons. The van der Waals surface area contributed by atoms with Crippen molar-refractivity contribution < 1.29 is 0 Å². The predicted molar refractivity (Wildman–Crippen MR) is 70.0 cm³/mol. The van der Waals surface area contributed by atoms with E-state index in [2.05, 4.69) is 31.2 Å². The molecule has 2 rings (SSSR count). The van der Waals surface area contributed by atoms with E-state index in [1.165, 1.54) is 29.2 Å². The molecule has 0 aliphatic carbocycles. The molecule has 2 heterocycles. The van der Waals surface area contributed by atoms with Crippen molar-refractivity contribution in [2.75, 3.05) is 11.5 Å². The SMILES string of the molecule is Cc1nn(C)c(C)c1C(C)NC1CCSC1. The summed E-state index contributed by atoms with van der Waals surface area (Å²) in [5.74, 6) is 2.55. The minimum Gasteiger partial charge on any atom is -0.306 e. The molecule has 1 aliphatic heterocycles. The minimum atomic E-state index is 0.414. The Bertz CT molecular complexity index is 367. The lowest BCUT2D eigenvalue weighted by Crippen LogP contribution is -2.31. The lowest BCUT2D eigenvalue weighted by molar-refractivity contribution is 0.483. The summed E-state index contributed by atoms with van der Waals surface area (Å²) in [5.41, 5.74) is 3.81. The number of nitrogens with zero attached hydrogens (tertiary/aromatic N) is 2. The second kappa shape index (κ2) is 4.80. The highest BCUT2D eigenvalue weighted by atomic mass is 32.2. The largest absolute Gasteiger partial charge is 0.306 e. The van der Waals surface area contributed by atoms with Gasteiger partial charge in [-0.3, -0.25) is 4.68 Å². The van der Waals surface area contributed by atoms with Crippen LogP contribution in [0.4, 0.5) is 0 Å². The smallest absolute Gasteiger partial charge is 0.0644 e. The van der Waals surface area contributed by atoms with E-state index in [0.717, 1.165) is 5.69 Å². The molecule has 1 fully saturated rings. The number of thioether (sulfide) groups is 1. The number of nitrogens with one attached hydrogen (secondary N) is 1. The van der Waals surface area contributed by atoms with Crippen molar-refractivity contribution in [3.63, 3.8) is 0 Å². The number of hydrogen-bond donors (Lipinski definition) is 1. The highest BCUT2D eigenvalue weighted by molar-refractivity contribution is 7.99. The van der Waals surface area contributed by atoms with Gasteiger partial charge in [0, 0.05) is 36.1 Å². The van der Waals surface area contributed by atoms with Crippen molar-refractivity contribution in [3.8, 4) is 0 Å². The number of aromatic nitrogens is 2. The molecule has 2 atom stereocenters. The monoisotopic (exact) mass is 239 g/mol. The van der Waals surface area contributed by atoms with Crippen LogP contribution in [0.15, 0.2) is 0 Å². The van der Waals surface area contributed by atoms with Crippen LogP contribution in [0.3, 0.4) is 0 Å². The van der Waals surface area contributed by atoms with Crippen molar-refractivity contribution in [2.45, 2.75) is 39.3 Å². The summed E-state index contributed by atoms with van der Waals surface area (Å²) in [6.07, 6.45) is 1.30. The van der Waals surface area contributed by atoms with Gasteiger partial charge < -0.3 is 5.32 Å². The summed E-state index contributed by atoms with van der Waals surface area (Å²) in [4.78, 5) is 0. The zero-order valence-corrected chi connectivity index (χ0v) is 11.4. The van der Waals surface area contributed by atoms with Crippen molar-refractivity contribution in [1.29, 1.82) is 0 Å². The van der Waals surface area contributed by atoms with E-state index < -0.39 is 0 Å². The number of rotatable bonds is 3. The Morgan fingerprint density at radius 2 is 2.25 bits per heavy atom. The maximum absolute atomic E-state index is 4.48. The van der Waals surface area contributed by atoms with Crippen LogP contribution in [0.1, 0.15) is 36.3 Å². The van der Waals surface area contributed by atoms with E-state index >= 15 is 0 Å². The maximum atomic E-state index is 4.48. The molecule has 2 unspecified atom stereocenters. The molecule has 1 N–H and O–H groups in total. The second-order valence-corrected chi connectivity index (χ2v) is 5.81. The van der Waals surface area contributed by atoms with Crippen LogP contribution in [0.25, 0.3) is 0 Å². The van der Waals surface area contributed by atoms with Gasteiger partial charge in [-0.2, -0.15) is 16.9 Å². The van der Waals surface area contributed by atoms with Crippen molar-refractivity contribution >= 4 is 11.8 Å². The van der Waals surface area contributed by atoms with Gasteiger partial charge in [0.05, 0.1) is 5.69 Å². The van der Waals surface area contributed by atoms with Crippen LogP contribution < -0.4 is 5.32 Å². The maximum Gasteiger partial charge on any atom is 0.0644 e. The standard InChI is InChI=1S/C12H21N3S/c1-8(13-11-5-6-16-7-11)12-9(2)14-15(4)10(12)3/h8,11,13H,5-7H2,1-4H3. The van der Waals surface area contributed by atoms with E-state index in [-0.39, 0.29) is 0 Å². The number of aryl methyl sites for hydroxylation is 2. The highest BCUT2D eigenvalue weighted by Gasteiger charge is 2.21. The van der Waals surface area contributed by atoms with Gasteiger partial charge in [-0.05, 0) is 32.9 Å². The van der Waals surface area contributed by atoms with Crippen LogP contribution in [0.5, 0.6) is 0 Å². The first kappa shape index (κ1) is 12.0. The first-order valence-electron chi connectivity index (χ1n) is 5.93. The molecule has 0 bridgehead atoms. The molecular formula is C12H21N3S. The van der Waals surface area contributed by atoms with Crippen molar-refractivity contribution in [2.24, 2.45) is 7.05 Å². The normalized spacial score (nSPS) is 22.6. The van der Waals surface area contributed by atoms with Crippen LogP contribution in [0.2, 0.25) is 0 Å². The molecule has 0 amide bonds. The van der Waals surface area contributed by atoms with E-state index in [9.17, 15) is 0 Å². The van der Waals surface area contributed by atoms with E-state index in [4.69, 9.17) is 0 Å². The van der Waals surface area contributed by atoms with Crippen LogP contribution in [-0.2, 0) is 7.05 Å². The third-order valence-corrected chi connectivity index (χ3v) is 4.58. The first-order chi connectivity index (χ1) is 7.59. The molecule has 0 radical (unpaired) electrons. The summed E-state index contributed by atoms with van der Waals surface area (Å²) in [6, 6.07) is 1.09. The van der Waals surface area contributed by atoms with E-state index in [0.29, 0.717) is 12.1 Å². The molecular weight excluding hydrogens is 218 g/mol. The van der Waals surface area contributed by atoms with Gasteiger partial charge in [0.25, 0.3) is 0 Å². The molecule has 0 spiro atoms. The predicted octanol–water partition coefficient (Wildman–Crippen LogP) is 2.19. The highest BCUT2D eigenvalue weighted by Crippen LogP contribution is 2.24. The third kappa shape index (κ3) is 2.28. The fourth-order valence-electron chi connectivity index (χ4n) is 2.52. The van der Waals surface area contributed by atoms with Gasteiger partial charge in [0.2, 0.25) is 0 Å². The zero-order valence-electron chi connectivity index (χ0n) is 10.6. The molecule has 1 aromatic rings. The van der Waals surface area contributed by atoms with Crippen molar-refractivity contribution in [1.82, 2.24) is 15.1 Å². The van der Waals surface area contributed by atoms with Gasteiger partial charge in [-0.1, -0.05) is 0 Å². The molecule has 4 heteroatoms. The summed E-state index contributed by atoms with van der Waals surface area (Å²) in [7, 11) is 2.02. The van der Waals surface area contributed by atoms with Gasteiger partial charge in [-0.15, -0.1) is 0 Å². The Hall–Kier alpha value is -0.480. The number of hydrogen-bond acceptors (Lipinski definition) is 3. The van der Waals surface area contributed by atoms with Crippen molar-refractivity contribution in [3.05, 3.63) is 17.0 Å². The Balaban J connectivity index is 2.10. The fraction of sp³-hybridized carbons (Fsp3) is 0.750. The van der Waals surface area contributed by atoms with E-state index in [1.54, 1.807) is 0 Å². The third-order valence-electron chi connectivity index (χ3n) is 3.41. The lowest BCUT2D eigenvalue weighted by Gasteiger charge is -2.19. The van der Waals surface area contributed by atoms with Gasteiger partial charge in [-0.25, -0.2) is 0 Å². The Morgan fingerprint density at radius 1 is 1.50 bits per heavy atom. The average molecular weight is 239 g/mol. The Kier molecular flexibility index (Phi) is 3.60. The topological polar surface area (TPSA) is 29.9 Å². The summed E-state index contributed by atoms with van der Waals surface area (Å²) < 4.78 is 1.98. The second-order valence-electron chi connectivity index (χ2n) is 4.66. The minimum absolute atomic E-state index is 0.414. The average Bonchev–Trinajstić information content (AvgIpc) is 2.77. The van der Waals surface area contributed by atoms with E-state index in [1.807, 2.05) is 23.5 Å². The molecule has 1 aliphatic rings. The molecule has 3 nitrogen and oxygen atoms in total. The molecule has 0 aromatic carbocycles. The fourth-order valence-corrected chi connectivity index (χ4v) is 3.68. The van der Waals surface area contributed by atoms with Crippen LogP contribution >= 0.6 is 11.8 Å². The molecule has 1 aromatic heterocycles. The summed E-state index contributed by atoms with van der Waals surface area (Å²) >= 11 is 2.05.